The molecule has 1 fully saturated rings. The van der Waals surface area contributed by atoms with Crippen molar-refractivity contribution in [3.8, 4) is 0 Å². The number of aliphatic hydroxyl groups is 6. The average molecular weight is 662 g/mol. The van der Waals surface area contributed by atoms with E-state index in [-0.39, 0.29) is 6.61 Å². The van der Waals surface area contributed by atoms with Crippen molar-refractivity contribution in [3.63, 3.8) is 0 Å². The smallest absolute Gasteiger partial charge is 0.249 e. The van der Waals surface area contributed by atoms with Gasteiger partial charge in [0.05, 0.1) is 25.4 Å². The van der Waals surface area contributed by atoms with E-state index in [0.29, 0.717) is 12.8 Å². The summed E-state index contributed by atoms with van der Waals surface area (Å²) >= 11 is 0. The zero-order valence-corrected chi connectivity index (χ0v) is 29.2. The van der Waals surface area contributed by atoms with Crippen molar-refractivity contribution in [1.82, 2.24) is 5.32 Å². The molecule has 0 bridgehead atoms. The first-order valence-corrected chi connectivity index (χ1v) is 18.8. The molecule has 1 aliphatic heterocycles. The summed E-state index contributed by atoms with van der Waals surface area (Å²) in [7, 11) is 0. The second-order valence-corrected chi connectivity index (χ2v) is 13.5. The SMILES string of the molecule is CCCCCCCCCCCCCC(O)C(COC1OC(CO)C(O)C(O)C1O)NC(=O)C(O)CCCCCCCCCCCC. The molecule has 1 amide bonds. The van der Waals surface area contributed by atoms with Crippen molar-refractivity contribution in [1.29, 1.82) is 0 Å². The molecule has 8 unspecified atom stereocenters. The zero-order valence-electron chi connectivity index (χ0n) is 29.2. The number of ether oxygens (including phenoxy) is 2. The quantitative estimate of drug-likeness (QED) is 0.0523. The minimum Gasteiger partial charge on any atom is -0.394 e. The number of hydrogen-bond acceptors (Lipinski definition) is 9. The van der Waals surface area contributed by atoms with E-state index in [4.69, 9.17) is 9.47 Å². The number of carbonyl (C=O) groups is 1. The van der Waals surface area contributed by atoms with Gasteiger partial charge in [0.15, 0.2) is 6.29 Å². The van der Waals surface area contributed by atoms with Crippen LogP contribution >= 0.6 is 0 Å². The van der Waals surface area contributed by atoms with Gasteiger partial charge in [-0.15, -0.1) is 0 Å². The Labute approximate surface area is 279 Å². The molecule has 1 aliphatic rings. The molecule has 0 spiro atoms. The summed E-state index contributed by atoms with van der Waals surface area (Å²) in [5, 5.41) is 64.3. The maximum Gasteiger partial charge on any atom is 0.249 e. The van der Waals surface area contributed by atoms with Crippen molar-refractivity contribution in [2.24, 2.45) is 0 Å². The van der Waals surface area contributed by atoms with Crippen LogP contribution in [0.4, 0.5) is 0 Å². The lowest BCUT2D eigenvalue weighted by Gasteiger charge is -2.40. The molecule has 8 atom stereocenters. The highest BCUT2D eigenvalue weighted by atomic mass is 16.7. The van der Waals surface area contributed by atoms with Crippen molar-refractivity contribution in [2.75, 3.05) is 13.2 Å². The third-order valence-electron chi connectivity index (χ3n) is 9.32. The number of hydrogen-bond donors (Lipinski definition) is 7. The molecule has 274 valence electrons. The van der Waals surface area contributed by atoms with Crippen LogP contribution in [0.2, 0.25) is 0 Å². The summed E-state index contributed by atoms with van der Waals surface area (Å²) in [6, 6.07) is -0.884. The first kappa shape index (κ1) is 43.2. The predicted molar refractivity (Wildman–Crippen MR) is 181 cm³/mol. The monoisotopic (exact) mass is 662 g/mol. The van der Waals surface area contributed by atoms with E-state index in [0.717, 1.165) is 51.4 Å². The number of rotatable bonds is 30. The van der Waals surface area contributed by atoms with Crippen LogP contribution in [-0.4, -0.2) is 98.7 Å². The molecule has 0 radical (unpaired) electrons. The van der Waals surface area contributed by atoms with E-state index in [2.05, 4.69) is 19.2 Å². The standard InChI is InChI=1S/C36H71NO9/c1-3-5-7-9-11-13-15-17-18-20-22-24-29(39)28(27-45-36-34(43)33(42)32(41)31(26-38)46-36)37-35(44)30(40)25-23-21-19-16-14-12-10-8-6-4-2/h28-34,36,38-43H,3-27H2,1-2H3,(H,37,44). The summed E-state index contributed by atoms with van der Waals surface area (Å²) in [5.41, 5.74) is 0. The molecule has 1 rings (SSSR count). The molecule has 10 nitrogen and oxygen atoms in total. The maximum absolute atomic E-state index is 12.9. The highest BCUT2D eigenvalue weighted by Gasteiger charge is 2.44. The predicted octanol–water partition coefficient (Wildman–Crippen LogP) is 5.02. The lowest BCUT2D eigenvalue weighted by atomic mass is 9.99. The largest absolute Gasteiger partial charge is 0.394 e. The highest BCUT2D eigenvalue weighted by molar-refractivity contribution is 5.80. The third kappa shape index (κ3) is 19.2. The van der Waals surface area contributed by atoms with Crippen LogP contribution in [0, 0.1) is 0 Å². The Morgan fingerprint density at radius 1 is 0.652 bits per heavy atom. The van der Waals surface area contributed by atoms with E-state index in [1.807, 2.05) is 0 Å². The first-order chi connectivity index (χ1) is 22.3. The molecule has 0 aromatic heterocycles. The molecule has 0 saturated carbocycles. The number of amides is 1. The van der Waals surface area contributed by atoms with E-state index in [1.165, 1.54) is 83.5 Å². The Morgan fingerprint density at radius 2 is 1.09 bits per heavy atom. The molecular weight excluding hydrogens is 590 g/mol. The Kier molecular flexibility index (Phi) is 26.3. The van der Waals surface area contributed by atoms with Crippen LogP contribution < -0.4 is 5.32 Å². The van der Waals surface area contributed by atoms with Gasteiger partial charge in [0.1, 0.15) is 30.5 Å². The minimum atomic E-state index is -1.59. The Hall–Kier alpha value is -0.850. The van der Waals surface area contributed by atoms with Crippen LogP contribution in [0.1, 0.15) is 162 Å². The molecule has 10 heteroatoms. The molecule has 1 heterocycles. The molecule has 0 aromatic rings. The van der Waals surface area contributed by atoms with Gasteiger partial charge in [-0.05, 0) is 12.8 Å². The normalized spacial score (nSPS) is 23.7. The fourth-order valence-electron chi connectivity index (χ4n) is 6.11. The Bertz CT molecular complexity index is 713. The molecule has 0 aliphatic carbocycles. The first-order valence-electron chi connectivity index (χ1n) is 18.8. The third-order valence-corrected chi connectivity index (χ3v) is 9.32. The number of nitrogens with one attached hydrogen (secondary N) is 1. The fourth-order valence-corrected chi connectivity index (χ4v) is 6.11. The van der Waals surface area contributed by atoms with E-state index in [1.54, 1.807) is 0 Å². The zero-order chi connectivity index (χ0) is 34.0. The van der Waals surface area contributed by atoms with Gasteiger partial charge in [0, 0.05) is 0 Å². The second kappa shape index (κ2) is 28.0. The van der Waals surface area contributed by atoms with Crippen LogP contribution in [0.3, 0.4) is 0 Å². The molecule has 7 N–H and O–H groups in total. The van der Waals surface area contributed by atoms with Crippen molar-refractivity contribution >= 4 is 5.91 Å². The molecular formula is C36H71NO9. The van der Waals surface area contributed by atoms with Crippen molar-refractivity contribution in [3.05, 3.63) is 0 Å². The lowest BCUT2D eigenvalue weighted by molar-refractivity contribution is -0.302. The van der Waals surface area contributed by atoms with Crippen molar-refractivity contribution in [2.45, 2.75) is 210 Å². The summed E-state index contributed by atoms with van der Waals surface area (Å²) < 4.78 is 11.1. The maximum atomic E-state index is 12.9. The molecule has 1 saturated heterocycles. The van der Waals surface area contributed by atoms with Gasteiger partial charge >= 0.3 is 0 Å². The Morgan fingerprint density at radius 3 is 1.54 bits per heavy atom. The van der Waals surface area contributed by atoms with E-state index in [9.17, 15) is 35.4 Å². The van der Waals surface area contributed by atoms with Gasteiger partial charge in [-0.1, -0.05) is 149 Å². The van der Waals surface area contributed by atoms with Gasteiger partial charge in [-0.25, -0.2) is 0 Å². The van der Waals surface area contributed by atoms with Gasteiger partial charge < -0.3 is 45.4 Å². The van der Waals surface area contributed by atoms with Crippen molar-refractivity contribution < 1.29 is 44.9 Å². The topological polar surface area (TPSA) is 169 Å². The minimum absolute atomic E-state index is 0.251. The average Bonchev–Trinajstić information content (AvgIpc) is 3.05. The highest BCUT2D eigenvalue weighted by Crippen LogP contribution is 2.23. The fraction of sp³-hybridized carbons (Fsp3) is 0.972. The number of carbonyl (C=O) groups excluding carboxylic acids is 1. The summed E-state index contributed by atoms with van der Waals surface area (Å²) in [4.78, 5) is 12.9. The van der Waals surface area contributed by atoms with E-state index >= 15 is 0 Å². The van der Waals surface area contributed by atoms with Crippen LogP contribution in [0.5, 0.6) is 0 Å². The summed E-state index contributed by atoms with van der Waals surface area (Å²) in [5.74, 6) is -0.587. The van der Waals surface area contributed by atoms with E-state index < -0.39 is 61.5 Å². The van der Waals surface area contributed by atoms with Gasteiger partial charge in [0.2, 0.25) is 5.91 Å². The Balaban J connectivity index is 2.52. The number of unbranched alkanes of at least 4 members (excludes halogenated alkanes) is 19. The van der Waals surface area contributed by atoms with Crippen LogP contribution in [0.25, 0.3) is 0 Å². The summed E-state index contributed by atoms with van der Waals surface area (Å²) in [6.45, 7) is 3.61. The van der Waals surface area contributed by atoms with Gasteiger partial charge in [-0.3, -0.25) is 4.79 Å². The molecule has 0 aromatic carbocycles. The summed E-state index contributed by atoms with van der Waals surface area (Å²) in [6.07, 6.45) is 15.9. The van der Waals surface area contributed by atoms with Crippen LogP contribution in [-0.2, 0) is 14.3 Å². The van der Waals surface area contributed by atoms with Crippen LogP contribution in [0.15, 0.2) is 0 Å². The lowest BCUT2D eigenvalue weighted by Crippen LogP contribution is -2.60. The van der Waals surface area contributed by atoms with Gasteiger partial charge in [0.25, 0.3) is 0 Å². The number of aliphatic hydroxyl groups excluding tert-OH is 6. The second-order valence-electron chi connectivity index (χ2n) is 13.5. The molecule has 46 heavy (non-hydrogen) atoms. The van der Waals surface area contributed by atoms with Gasteiger partial charge in [-0.2, -0.15) is 0 Å².